The number of nitrogens with zero attached hydrogens (tertiary/aromatic N) is 2. The summed E-state index contributed by atoms with van der Waals surface area (Å²) in [7, 11) is -3.53. The first kappa shape index (κ1) is 19.3. The third-order valence-corrected chi connectivity index (χ3v) is 5.92. The summed E-state index contributed by atoms with van der Waals surface area (Å²) in [4.78, 5) is 4.73. The van der Waals surface area contributed by atoms with E-state index in [4.69, 9.17) is 0 Å². The Labute approximate surface area is 160 Å². The van der Waals surface area contributed by atoms with Gasteiger partial charge < -0.3 is 0 Å². The molecule has 0 radical (unpaired) electrons. The summed E-state index contributed by atoms with van der Waals surface area (Å²) in [6.07, 6.45) is 1.09. The Morgan fingerprint density at radius 3 is 2.59 bits per heavy atom. The maximum Gasteiger partial charge on any atom is 0.240 e. The van der Waals surface area contributed by atoms with Gasteiger partial charge in [-0.25, -0.2) is 18.1 Å². The third-order valence-electron chi connectivity index (χ3n) is 4.46. The fraction of sp³-hybridized carbons (Fsp3) is 0.300. The largest absolute Gasteiger partial charge is 0.263 e. The fourth-order valence-electron chi connectivity index (χ4n) is 2.80. The van der Waals surface area contributed by atoms with Crippen molar-refractivity contribution in [3.05, 3.63) is 76.4 Å². The molecule has 2 N–H and O–H groups in total. The molecule has 0 aliphatic rings. The minimum Gasteiger partial charge on any atom is -0.263 e. The Morgan fingerprint density at radius 1 is 1.04 bits per heavy atom. The Kier molecular flexibility index (Phi) is 5.72. The van der Waals surface area contributed by atoms with Gasteiger partial charge in [0.25, 0.3) is 0 Å². The van der Waals surface area contributed by atoms with Crippen LogP contribution in [0.4, 0.5) is 0 Å². The van der Waals surface area contributed by atoms with Crippen LogP contribution >= 0.6 is 0 Å². The SMILES string of the molecule is Cc1cccc(Cc2nc(CCNS(=O)(=O)c3ccc(C)c(C)c3)n[nH]2)c1. The van der Waals surface area contributed by atoms with Crippen molar-refractivity contribution >= 4 is 10.0 Å². The number of aryl methyl sites for hydroxylation is 3. The quantitative estimate of drug-likeness (QED) is 0.656. The van der Waals surface area contributed by atoms with Crippen molar-refractivity contribution in [2.75, 3.05) is 6.54 Å². The lowest BCUT2D eigenvalue weighted by Crippen LogP contribution is -2.26. The topological polar surface area (TPSA) is 87.7 Å². The van der Waals surface area contributed by atoms with Crippen molar-refractivity contribution in [2.24, 2.45) is 0 Å². The van der Waals surface area contributed by atoms with E-state index in [1.165, 1.54) is 5.56 Å². The van der Waals surface area contributed by atoms with Crippen LogP contribution in [0.1, 0.15) is 33.9 Å². The first-order valence-electron chi connectivity index (χ1n) is 8.86. The van der Waals surface area contributed by atoms with E-state index in [2.05, 4.69) is 39.0 Å². The molecule has 0 atom stereocenters. The molecular formula is C20H24N4O2S. The van der Waals surface area contributed by atoms with E-state index in [1.807, 2.05) is 32.0 Å². The van der Waals surface area contributed by atoms with Crippen molar-refractivity contribution in [1.29, 1.82) is 0 Å². The zero-order valence-corrected chi connectivity index (χ0v) is 16.6. The molecule has 0 aliphatic heterocycles. The zero-order chi connectivity index (χ0) is 19.4. The second kappa shape index (κ2) is 8.02. The highest BCUT2D eigenvalue weighted by atomic mass is 32.2. The summed E-state index contributed by atoms with van der Waals surface area (Å²) < 4.78 is 27.4. The molecule has 0 amide bonds. The van der Waals surface area contributed by atoms with Crippen LogP contribution in [0.2, 0.25) is 0 Å². The van der Waals surface area contributed by atoms with Gasteiger partial charge in [0, 0.05) is 19.4 Å². The number of aromatic nitrogens is 3. The molecule has 0 spiro atoms. The van der Waals surface area contributed by atoms with Crippen molar-refractivity contribution < 1.29 is 8.42 Å². The van der Waals surface area contributed by atoms with Crippen molar-refractivity contribution in [2.45, 2.75) is 38.5 Å². The lowest BCUT2D eigenvalue weighted by atomic mass is 10.1. The van der Waals surface area contributed by atoms with E-state index in [1.54, 1.807) is 12.1 Å². The standard InChI is InChI=1S/C20H24N4O2S/c1-14-5-4-6-17(11-14)13-20-22-19(23-24-20)9-10-21-27(25,26)18-8-7-15(2)16(3)12-18/h4-8,11-12,21H,9-10,13H2,1-3H3,(H,22,23,24). The highest BCUT2D eigenvalue weighted by Crippen LogP contribution is 2.14. The Bertz CT molecular complexity index is 1040. The summed E-state index contributed by atoms with van der Waals surface area (Å²) in [5, 5.41) is 7.11. The summed E-state index contributed by atoms with van der Waals surface area (Å²) in [6.45, 7) is 6.16. The molecule has 0 saturated carbocycles. The molecule has 0 saturated heterocycles. The van der Waals surface area contributed by atoms with E-state index in [9.17, 15) is 8.42 Å². The number of aromatic amines is 1. The third kappa shape index (κ3) is 5.02. The molecule has 1 aromatic heterocycles. The highest BCUT2D eigenvalue weighted by Gasteiger charge is 2.14. The molecule has 0 unspecified atom stereocenters. The lowest BCUT2D eigenvalue weighted by Gasteiger charge is -2.08. The lowest BCUT2D eigenvalue weighted by molar-refractivity contribution is 0.580. The van der Waals surface area contributed by atoms with Crippen molar-refractivity contribution in [1.82, 2.24) is 19.9 Å². The second-order valence-corrected chi connectivity index (χ2v) is 8.52. The van der Waals surface area contributed by atoms with Gasteiger partial charge in [-0.3, -0.25) is 5.10 Å². The van der Waals surface area contributed by atoms with E-state index in [0.717, 1.165) is 22.5 Å². The molecule has 0 aliphatic carbocycles. The van der Waals surface area contributed by atoms with E-state index in [0.29, 0.717) is 18.7 Å². The Hall–Kier alpha value is -2.51. The first-order chi connectivity index (χ1) is 12.8. The van der Waals surface area contributed by atoms with Crippen molar-refractivity contribution in [3.8, 4) is 0 Å². The molecule has 0 bridgehead atoms. The maximum atomic E-state index is 12.4. The average Bonchev–Trinajstić information content (AvgIpc) is 3.04. The molecule has 3 aromatic rings. The Morgan fingerprint density at radius 2 is 1.85 bits per heavy atom. The van der Waals surface area contributed by atoms with Gasteiger partial charge in [0.15, 0.2) is 5.82 Å². The maximum absolute atomic E-state index is 12.4. The van der Waals surface area contributed by atoms with Gasteiger partial charge in [0.2, 0.25) is 10.0 Å². The average molecular weight is 385 g/mol. The molecule has 3 rings (SSSR count). The molecule has 7 heteroatoms. The van der Waals surface area contributed by atoms with Crippen LogP contribution in [-0.2, 0) is 22.9 Å². The highest BCUT2D eigenvalue weighted by molar-refractivity contribution is 7.89. The van der Waals surface area contributed by atoms with Crippen LogP contribution in [0.5, 0.6) is 0 Å². The molecular weight excluding hydrogens is 360 g/mol. The smallest absolute Gasteiger partial charge is 0.240 e. The zero-order valence-electron chi connectivity index (χ0n) is 15.8. The first-order valence-corrected chi connectivity index (χ1v) is 10.3. The minimum absolute atomic E-state index is 0.247. The molecule has 1 heterocycles. The summed E-state index contributed by atoms with van der Waals surface area (Å²) in [5.41, 5.74) is 4.38. The molecule has 2 aromatic carbocycles. The van der Waals surface area contributed by atoms with Crippen LogP contribution in [-0.4, -0.2) is 30.1 Å². The van der Waals surface area contributed by atoms with Crippen LogP contribution in [0.15, 0.2) is 47.4 Å². The molecule has 27 heavy (non-hydrogen) atoms. The number of nitrogens with one attached hydrogen (secondary N) is 2. The van der Waals surface area contributed by atoms with E-state index >= 15 is 0 Å². The van der Waals surface area contributed by atoms with Gasteiger partial charge in [0.1, 0.15) is 5.82 Å². The van der Waals surface area contributed by atoms with Gasteiger partial charge in [-0.05, 0) is 49.6 Å². The monoisotopic (exact) mass is 384 g/mol. The van der Waals surface area contributed by atoms with Gasteiger partial charge in [-0.2, -0.15) is 5.10 Å². The van der Waals surface area contributed by atoms with E-state index < -0.39 is 10.0 Å². The van der Waals surface area contributed by atoms with Gasteiger partial charge in [-0.1, -0.05) is 35.9 Å². The van der Waals surface area contributed by atoms with E-state index in [-0.39, 0.29) is 11.4 Å². The molecule has 6 nitrogen and oxygen atoms in total. The van der Waals surface area contributed by atoms with Gasteiger partial charge in [-0.15, -0.1) is 0 Å². The number of H-pyrrole nitrogens is 1. The minimum atomic E-state index is -3.53. The number of rotatable bonds is 7. The predicted molar refractivity (Wildman–Crippen MR) is 105 cm³/mol. The summed E-state index contributed by atoms with van der Waals surface area (Å²) in [5.74, 6) is 1.37. The number of benzene rings is 2. The normalized spacial score (nSPS) is 11.7. The van der Waals surface area contributed by atoms with Crippen LogP contribution in [0, 0.1) is 20.8 Å². The van der Waals surface area contributed by atoms with Crippen LogP contribution in [0.3, 0.4) is 0 Å². The van der Waals surface area contributed by atoms with Crippen LogP contribution < -0.4 is 4.72 Å². The summed E-state index contributed by atoms with van der Waals surface area (Å²) >= 11 is 0. The molecule has 0 fully saturated rings. The number of hydrogen-bond acceptors (Lipinski definition) is 4. The second-order valence-electron chi connectivity index (χ2n) is 6.76. The van der Waals surface area contributed by atoms with Gasteiger partial charge in [0.05, 0.1) is 4.90 Å². The van der Waals surface area contributed by atoms with Crippen LogP contribution in [0.25, 0.3) is 0 Å². The number of sulfonamides is 1. The Balaban J connectivity index is 1.57. The van der Waals surface area contributed by atoms with Crippen molar-refractivity contribution in [3.63, 3.8) is 0 Å². The number of hydrogen-bond donors (Lipinski definition) is 2. The molecule has 142 valence electrons. The van der Waals surface area contributed by atoms with Gasteiger partial charge >= 0.3 is 0 Å². The fourth-order valence-corrected chi connectivity index (χ4v) is 3.92. The summed E-state index contributed by atoms with van der Waals surface area (Å²) in [6, 6.07) is 13.4. The predicted octanol–water partition coefficient (Wildman–Crippen LogP) is 2.84.